The fourth-order valence-corrected chi connectivity index (χ4v) is 2.52. The van der Waals surface area contributed by atoms with E-state index in [-0.39, 0.29) is 6.54 Å². The normalized spacial score (nSPS) is 13.7. The van der Waals surface area contributed by atoms with Gasteiger partial charge in [0.15, 0.2) is 9.84 Å². The summed E-state index contributed by atoms with van der Waals surface area (Å²) in [5.74, 6) is 0.509. The maximum atomic E-state index is 11.2. The van der Waals surface area contributed by atoms with Crippen LogP contribution in [0.3, 0.4) is 0 Å². The number of hydrogen-bond acceptors (Lipinski definition) is 5. The van der Waals surface area contributed by atoms with Gasteiger partial charge in [-0.3, -0.25) is 0 Å². The molecule has 0 bridgehead atoms. The van der Waals surface area contributed by atoms with Crippen molar-refractivity contribution in [3.63, 3.8) is 0 Å². The van der Waals surface area contributed by atoms with Gasteiger partial charge in [-0.1, -0.05) is 0 Å². The molecule has 0 aliphatic heterocycles. The fourth-order valence-electron chi connectivity index (χ4n) is 1.04. The molecule has 1 aromatic carbocycles. The van der Waals surface area contributed by atoms with Gasteiger partial charge in [0, 0.05) is 23.4 Å². The molecule has 90 valence electrons. The maximum Gasteiger partial charge on any atom is 0.175 e. The number of benzene rings is 1. The number of rotatable bonds is 5. The fraction of sp³-hybridized carbons (Fsp3) is 0.400. The average Bonchev–Trinajstić information content (AvgIpc) is 2.25. The van der Waals surface area contributed by atoms with E-state index in [1.54, 1.807) is 24.3 Å². The van der Waals surface area contributed by atoms with Crippen LogP contribution in [0.25, 0.3) is 0 Å². The Morgan fingerprint density at radius 3 is 2.38 bits per heavy atom. The van der Waals surface area contributed by atoms with Crippen molar-refractivity contribution < 1.29 is 13.5 Å². The van der Waals surface area contributed by atoms with Gasteiger partial charge in [-0.15, -0.1) is 11.8 Å². The molecule has 6 heteroatoms. The van der Waals surface area contributed by atoms with E-state index < -0.39 is 15.9 Å². The third-order valence-electron chi connectivity index (χ3n) is 1.97. The molecular weight excluding hydrogens is 246 g/mol. The molecule has 0 saturated heterocycles. The number of aliphatic hydroxyl groups excluding tert-OH is 1. The van der Waals surface area contributed by atoms with Gasteiger partial charge < -0.3 is 10.8 Å². The van der Waals surface area contributed by atoms with E-state index >= 15 is 0 Å². The largest absolute Gasteiger partial charge is 0.391 e. The second kappa shape index (κ2) is 5.67. The van der Waals surface area contributed by atoms with E-state index in [9.17, 15) is 13.5 Å². The van der Waals surface area contributed by atoms with E-state index in [0.717, 1.165) is 4.90 Å². The van der Waals surface area contributed by atoms with Crippen molar-refractivity contribution >= 4 is 21.6 Å². The molecule has 0 heterocycles. The molecular formula is C10H15NO3S2. The Labute approximate surface area is 99.8 Å². The van der Waals surface area contributed by atoms with Crippen LogP contribution in [-0.2, 0) is 9.84 Å². The summed E-state index contributed by atoms with van der Waals surface area (Å²) in [5, 5.41) is 9.26. The molecule has 3 N–H and O–H groups in total. The van der Waals surface area contributed by atoms with Gasteiger partial charge in [-0.05, 0) is 24.3 Å². The van der Waals surface area contributed by atoms with Gasteiger partial charge >= 0.3 is 0 Å². The van der Waals surface area contributed by atoms with Crippen molar-refractivity contribution in [3.05, 3.63) is 24.3 Å². The molecule has 0 fully saturated rings. The molecule has 1 atom stereocenters. The zero-order valence-corrected chi connectivity index (χ0v) is 10.6. The van der Waals surface area contributed by atoms with Crippen LogP contribution in [-0.4, -0.2) is 38.2 Å². The number of aliphatic hydroxyl groups is 1. The lowest BCUT2D eigenvalue weighted by Gasteiger charge is -2.07. The molecule has 0 amide bonds. The van der Waals surface area contributed by atoms with Crippen LogP contribution in [0.5, 0.6) is 0 Å². The lowest BCUT2D eigenvalue weighted by molar-refractivity contribution is 0.208. The zero-order chi connectivity index (χ0) is 12.2. The molecule has 0 aliphatic rings. The van der Waals surface area contributed by atoms with Gasteiger partial charge in [0.25, 0.3) is 0 Å². The Morgan fingerprint density at radius 2 is 1.94 bits per heavy atom. The standard InChI is InChI=1S/C10H15NO3S2/c1-16(13,14)10-4-2-9(3-5-10)15-7-8(12)6-11/h2-5,8,12H,6-7,11H2,1H3. The van der Waals surface area contributed by atoms with Gasteiger partial charge in [0.05, 0.1) is 11.0 Å². The quantitative estimate of drug-likeness (QED) is 0.755. The molecule has 0 spiro atoms. The molecule has 0 aliphatic carbocycles. The monoisotopic (exact) mass is 261 g/mol. The lowest BCUT2D eigenvalue weighted by Crippen LogP contribution is -2.21. The average molecular weight is 261 g/mol. The first-order valence-electron chi connectivity index (χ1n) is 4.74. The van der Waals surface area contributed by atoms with E-state index in [0.29, 0.717) is 10.6 Å². The van der Waals surface area contributed by atoms with Crippen LogP contribution in [0.1, 0.15) is 0 Å². The minimum atomic E-state index is -3.13. The molecule has 1 unspecified atom stereocenters. The lowest BCUT2D eigenvalue weighted by atomic mass is 10.4. The Morgan fingerprint density at radius 1 is 1.38 bits per heavy atom. The molecule has 0 saturated carbocycles. The molecule has 1 aromatic rings. The third-order valence-corrected chi connectivity index (χ3v) is 4.25. The Hall–Kier alpha value is -0.560. The van der Waals surface area contributed by atoms with Crippen molar-refractivity contribution in [1.29, 1.82) is 0 Å². The highest BCUT2D eigenvalue weighted by Gasteiger charge is 2.07. The number of thioether (sulfide) groups is 1. The first-order chi connectivity index (χ1) is 7.43. The summed E-state index contributed by atoms with van der Waals surface area (Å²) < 4.78 is 22.4. The summed E-state index contributed by atoms with van der Waals surface area (Å²) in [5.41, 5.74) is 5.27. The van der Waals surface area contributed by atoms with Crippen LogP contribution in [0.15, 0.2) is 34.1 Å². The van der Waals surface area contributed by atoms with Crippen molar-refractivity contribution in [2.24, 2.45) is 5.73 Å². The molecule has 16 heavy (non-hydrogen) atoms. The molecule has 0 aromatic heterocycles. The maximum absolute atomic E-state index is 11.2. The predicted octanol–water partition coefficient (Wildman–Crippen LogP) is 0.502. The van der Waals surface area contributed by atoms with E-state index in [2.05, 4.69) is 0 Å². The van der Waals surface area contributed by atoms with Crippen molar-refractivity contribution in [3.8, 4) is 0 Å². The Balaban J connectivity index is 2.66. The SMILES string of the molecule is CS(=O)(=O)c1ccc(SCC(O)CN)cc1. The first kappa shape index (κ1) is 13.5. The summed E-state index contributed by atoms with van der Waals surface area (Å²) >= 11 is 1.45. The van der Waals surface area contributed by atoms with Crippen molar-refractivity contribution in [2.45, 2.75) is 15.9 Å². The minimum absolute atomic E-state index is 0.231. The van der Waals surface area contributed by atoms with Crippen LogP contribution in [0.4, 0.5) is 0 Å². The van der Waals surface area contributed by atoms with Crippen LogP contribution < -0.4 is 5.73 Å². The minimum Gasteiger partial charge on any atom is -0.391 e. The highest BCUT2D eigenvalue weighted by Crippen LogP contribution is 2.20. The van der Waals surface area contributed by atoms with E-state index in [1.165, 1.54) is 18.0 Å². The summed E-state index contributed by atoms with van der Waals surface area (Å²) in [4.78, 5) is 1.22. The van der Waals surface area contributed by atoms with Crippen molar-refractivity contribution in [2.75, 3.05) is 18.6 Å². The summed E-state index contributed by atoms with van der Waals surface area (Å²) in [6.45, 7) is 0.231. The molecule has 1 rings (SSSR count). The highest BCUT2D eigenvalue weighted by atomic mass is 32.2. The Bertz CT molecular complexity index is 428. The van der Waals surface area contributed by atoms with E-state index in [4.69, 9.17) is 5.73 Å². The predicted molar refractivity (Wildman–Crippen MR) is 65.3 cm³/mol. The van der Waals surface area contributed by atoms with Gasteiger partial charge in [0.2, 0.25) is 0 Å². The molecule has 0 radical (unpaired) electrons. The van der Waals surface area contributed by atoms with Crippen LogP contribution in [0, 0.1) is 0 Å². The molecule has 4 nitrogen and oxygen atoms in total. The number of nitrogens with two attached hydrogens (primary N) is 1. The topological polar surface area (TPSA) is 80.4 Å². The smallest absolute Gasteiger partial charge is 0.175 e. The van der Waals surface area contributed by atoms with Gasteiger partial charge in [-0.25, -0.2) is 8.42 Å². The number of hydrogen-bond donors (Lipinski definition) is 2. The van der Waals surface area contributed by atoms with Crippen molar-refractivity contribution in [1.82, 2.24) is 0 Å². The Kier molecular flexibility index (Phi) is 4.79. The van der Waals surface area contributed by atoms with Crippen LogP contribution >= 0.6 is 11.8 Å². The summed E-state index contributed by atoms with van der Waals surface area (Å²) in [7, 11) is -3.13. The second-order valence-corrected chi connectivity index (χ2v) is 6.55. The summed E-state index contributed by atoms with van der Waals surface area (Å²) in [6, 6.07) is 6.58. The third kappa shape index (κ3) is 4.13. The second-order valence-electron chi connectivity index (χ2n) is 3.44. The van der Waals surface area contributed by atoms with E-state index in [1.807, 2.05) is 0 Å². The van der Waals surface area contributed by atoms with Crippen LogP contribution in [0.2, 0.25) is 0 Å². The zero-order valence-electron chi connectivity index (χ0n) is 8.96. The number of sulfone groups is 1. The first-order valence-corrected chi connectivity index (χ1v) is 7.62. The van der Waals surface area contributed by atoms with Gasteiger partial charge in [-0.2, -0.15) is 0 Å². The van der Waals surface area contributed by atoms with Gasteiger partial charge in [0.1, 0.15) is 0 Å². The highest BCUT2D eigenvalue weighted by molar-refractivity contribution is 7.99. The summed E-state index contributed by atoms with van der Waals surface area (Å²) in [6.07, 6.45) is 0.646.